The Labute approximate surface area is 164 Å². The van der Waals surface area contributed by atoms with Crippen LogP contribution in [0.2, 0.25) is 5.02 Å². The number of hydrogen-bond acceptors (Lipinski definition) is 2. The first kappa shape index (κ1) is 17.9. The summed E-state index contributed by atoms with van der Waals surface area (Å²) in [6, 6.07) is 13.8. The Bertz CT molecular complexity index is 980. The van der Waals surface area contributed by atoms with Gasteiger partial charge in [-0.3, -0.25) is 4.79 Å². The number of fused-ring (bicyclic) bond motifs is 3. The zero-order valence-corrected chi connectivity index (χ0v) is 16.2. The lowest BCUT2D eigenvalue weighted by Gasteiger charge is -2.27. The van der Waals surface area contributed by atoms with Crippen LogP contribution < -0.4 is 4.74 Å². The largest absolute Gasteiger partial charge is 0.493 e. The fourth-order valence-corrected chi connectivity index (χ4v) is 3.85. The van der Waals surface area contributed by atoms with Gasteiger partial charge >= 0.3 is 0 Å². The molecule has 0 saturated heterocycles. The number of carbonyl (C=O) groups excluding carboxylic acids is 1. The molecule has 5 heteroatoms. The number of hydrogen-bond donors (Lipinski definition) is 1. The van der Waals surface area contributed by atoms with E-state index in [1.165, 1.54) is 11.3 Å². The molecule has 0 bridgehead atoms. The second-order valence-corrected chi connectivity index (χ2v) is 7.49. The summed E-state index contributed by atoms with van der Waals surface area (Å²) in [5.41, 5.74) is 4.62. The van der Waals surface area contributed by atoms with E-state index in [0.717, 1.165) is 46.6 Å². The first-order valence-corrected chi connectivity index (χ1v) is 9.75. The van der Waals surface area contributed by atoms with E-state index in [-0.39, 0.29) is 5.91 Å². The van der Waals surface area contributed by atoms with Gasteiger partial charge in [-0.1, -0.05) is 29.8 Å². The van der Waals surface area contributed by atoms with Crippen LogP contribution in [0.5, 0.6) is 5.75 Å². The predicted octanol–water partition coefficient (Wildman–Crippen LogP) is 4.87. The number of carbonyl (C=O) groups is 1. The summed E-state index contributed by atoms with van der Waals surface area (Å²) in [6.45, 7) is 3.98. The predicted molar refractivity (Wildman–Crippen MR) is 108 cm³/mol. The van der Waals surface area contributed by atoms with Crippen LogP contribution >= 0.6 is 11.6 Å². The number of aromatic amines is 1. The molecule has 27 heavy (non-hydrogen) atoms. The highest BCUT2D eigenvalue weighted by atomic mass is 35.5. The first-order valence-electron chi connectivity index (χ1n) is 9.37. The molecule has 4 nitrogen and oxygen atoms in total. The second kappa shape index (κ2) is 7.65. The van der Waals surface area contributed by atoms with Crippen molar-refractivity contribution in [3.8, 4) is 5.75 Å². The Balaban J connectivity index is 1.35. The fourth-order valence-electron chi connectivity index (χ4n) is 3.68. The molecule has 0 atom stereocenters. The number of ether oxygens (including phenoxy) is 1. The van der Waals surface area contributed by atoms with Crippen LogP contribution in [0.1, 0.15) is 29.7 Å². The maximum atomic E-state index is 12.6. The molecule has 1 aliphatic heterocycles. The van der Waals surface area contributed by atoms with Crippen molar-refractivity contribution in [3.63, 3.8) is 0 Å². The molecule has 1 N–H and O–H groups in total. The van der Waals surface area contributed by atoms with E-state index in [1.54, 1.807) is 0 Å². The zero-order chi connectivity index (χ0) is 18.8. The normalized spacial score (nSPS) is 13.6. The van der Waals surface area contributed by atoms with E-state index in [0.29, 0.717) is 19.6 Å². The molecule has 2 heterocycles. The van der Waals surface area contributed by atoms with Crippen LogP contribution in [-0.2, 0) is 17.8 Å². The number of H-pyrrole nitrogens is 1. The lowest BCUT2D eigenvalue weighted by Crippen LogP contribution is -2.35. The average molecular weight is 383 g/mol. The topological polar surface area (TPSA) is 45.3 Å². The standard InChI is InChI=1S/C22H23ClN2O2/c1-15-5-2-3-6-21(15)27-12-4-7-22(26)25-11-10-20-18(14-25)17-13-16(23)8-9-19(17)24-20/h2-3,5-6,8-9,13,24H,4,7,10-12,14H2,1H3. The van der Waals surface area contributed by atoms with Crippen LogP contribution in [0.15, 0.2) is 42.5 Å². The van der Waals surface area contributed by atoms with Crippen molar-refractivity contribution in [2.45, 2.75) is 32.7 Å². The van der Waals surface area contributed by atoms with Gasteiger partial charge in [-0.25, -0.2) is 0 Å². The highest BCUT2D eigenvalue weighted by Gasteiger charge is 2.23. The first-order chi connectivity index (χ1) is 13.1. The number of para-hydroxylation sites is 1. The summed E-state index contributed by atoms with van der Waals surface area (Å²) in [5.74, 6) is 1.08. The van der Waals surface area contributed by atoms with Crippen LogP contribution in [0.3, 0.4) is 0 Å². The van der Waals surface area contributed by atoms with Crippen LogP contribution in [-0.4, -0.2) is 28.9 Å². The molecule has 0 aliphatic carbocycles. The van der Waals surface area contributed by atoms with E-state index in [1.807, 2.05) is 54.3 Å². The van der Waals surface area contributed by atoms with E-state index >= 15 is 0 Å². The van der Waals surface area contributed by atoms with Gasteiger partial charge in [0, 0.05) is 53.1 Å². The average Bonchev–Trinajstić information content (AvgIpc) is 3.03. The van der Waals surface area contributed by atoms with Crippen molar-refractivity contribution >= 4 is 28.4 Å². The van der Waals surface area contributed by atoms with E-state index in [2.05, 4.69) is 4.98 Å². The molecule has 0 radical (unpaired) electrons. The Morgan fingerprint density at radius 3 is 2.96 bits per heavy atom. The summed E-state index contributed by atoms with van der Waals surface area (Å²) in [7, 11) is 0. The molecule has 0 fully saturated rings. The molecule has 3 aromatic rings. The van der Waals surface area contributed by atoms with Crippen molar-refractivity contribution in [2.24, 2.45) is 0 Å². The number of nitrogens with zero attached hydrogens (tertiary/aromatic N) is 1. The van der Waals surface area contributed by atoms with Gasteiger partial charge in [0.15, 0.2) is 0 Å². The summed E-state index contributed by atoms with van der Waals surface area (Å²) < 4.78 is 5.80. The molecule has 1 amide bonds. The third kappa shape index (κ3) is 3.81. The van der Waals surface area contributed by atoms with Gasteiger partial charge in [0.25, 0.3) is 0 Å². The minimum Gasteiger partial charge on any atom is -0.493 e. The van der Waals surface area contributed by atoms with Crippen molar-refractivity contribution in [3.05, 3.63) is 64.3 Å². The quantitative estimate of drug-likeness (QED) is 0.639. The third-order valence-electron chi connectivity index (χ3n) is 5.18. The molecule has 1 aliphatic rings. The molecular formula is C22H23ClN2O2. The minimum absolute atomic E-state index is 0.186. The molecule has 0 spiro atoms. The van der Waals surface area contributed by atoms with Gasteiger partial charge in [-0.15, -0.1) is 0 Å². The maximum Gasteiger partial charge on any atom is 0.223 e. The van der Waals surface area contributed by atoms with Gasteiger partial charge < -0.3 is 14.6 Å². The number of aryl methyl sites for hydroxylation is 1. The summed E-state index contributed by atoms with van der Waals surface area (Å²) >= 11 is 6.15. The SMILES string of the molecule is Cc1ccccc1OCCCC(=O)N1CCc2[nH]c3ccc(Cl)cc3c2C1. The van der Waals surface area contributed by atoms with Gasteiger partial charge in [-0.2, -0.15) is 0 Å². The fraction of sp³-hybridized carbons (Fsp3) is 0.318. The molecule has 2 aromatic carbocycles. The molecular weight excluding hydrogens is 360 g/mol. The lowest BCUT2D eigenvalue weighted by molar-refractivity contribution is -0.132. The Morgan fingerprint density at radius 1 is 1.26 bits per heavy atom. The van der Waals surface area contributed by atoms with Crippen molar-refractivity contribution in [1.29, 1.82) is 0 Å². The van der Waals surface area contributed by atoms with Crippen LogP contribution in [0, 0.1) is 6.92 Å². The molecule has 0 saturated carbocycles. The van der Waals surface area contributed by atoms with Crippen molar-refractivity contribution in [1.82, 2.24) is 9.88 Å². The number of halogens is 1. The van der Waals surface area contributed by atoms with Gasteiger partial charge in [0.05, 0.1) is 6.61 Å². The minimum atomic E-state index is 0.186. The smallest absolute Gasteiger partial charge is 0.223 e. The molecule has 0 unspecified atom stereocenters. The highest BCUT2D eigenvalue weighted by Crippen LogP contribution is 2.30. The van der Waals surface area contributed by atoms with E-state index in [9.17, 15) is 4.79 Å². The molecule has 4 rings (SSSR count). The van der Waals surface area contributed by atoms with Gasteiger partial charge in [0.1, 0.15) is 5.75 Å². The van der Waals surface area contributed by atoms with Crippen molar-refractivity contribution < 1.29 is 9.53 Å². The Hall–Kier alpha value is -2.46. The van der Waals surface area contributed by atoms with Crippen molar-refractivity contribution in [2.75, 3.05) is 13.2 Å². The monoisotopic (exact) mass is 382 g/mol. The number of amides is 1. The number of rotatable bonds is 5. The number of aromatic nitrogens is 1. The maximum absolute atomic E-state index is 12.6. The second-order valence-electron chi connectivity index (χ2n) is 7.05. The highest BCUT2D eigenvalue weighted by molar-refractivity contribution is 6.31. The summed E-state index contributed by atoms with van der Waals surface area (Å²) in [6.07, 6.45) is 2.08. The zero-order valence-electron chi connectivity index (χ0n) is 15.4. The Kier molecular flexibility index (Phi) is 5.08. The lowest BCUT2D eigenvalue weighted by atomic mass is 10.0. The summed E-state index contributed by atoms with van der Waals surface area (Å²) in [4.78, 5) is 18.1. The van der Waals surface area contributed by atoms with E-state index < -0.39 is 0 Å². The molecule has 140 valence electrons. The Morgan fingerprint density at radius 2 is 2.11 bits per heavy atom. The van der Waals surface area contributed by atoms with Gasteiger partial charge in [0.2, 0.25) is 5.91 Å². The van der Waals surface area contributed by atoms with E-state index in [4.69, 9.17) is 16.3 Å². The third-order valence-corrected chi connectivity index (χ3v) is 5.41. The van der Waals surface area contributed by atoms with Crippen LogP contribution in [0.25, 0.3) is 10.9 Å². The number of benzene rings is 2. The molecule has 1 aromatic heterocycles. The van der Waals surface area contributed by atoms with Gasteiger partial charge in [-0.05, 0) is 43.2 Å². The summed E-state index contributed by atoms with van der Waals surface area (Å²) in [5, 5.41) is 1.85. The number of nitrogens with one attached hydrogen (secondary N) is 1. The van der Waals surface area contributed by atoms with Crippen LogP contribution in [0.4, 0.5) is 0 Å².